The molecule has 6 heteroatoms. The fourth-order valence-electron chi connectivity index (χ4n) is 1.26. The summed E-state index contributed by atoms with van der Waals surface area (Å²) in [4.78, 5) is 3.89. The van der Waals surface area contributed by atoms with E-state index >= 15 is 0 Å². The lowest BCUT2D eigenvalue weighted by atomic mass is 10.3. The van der Waals surface area contributed by atoms with Gasteiger partial charge in [0.25, 0.3) is 10.0 Å². The highest BCUT2D eigenvalue weighted by Gasteiger charge is 2.13. The van der Waals surface area contributed by atoms with E-state index in [1.165, 1.54) is 30.5 Å². The normalized spacial score (nSPS) is 11.1. The van der Waals surface area contributed by atoms with E-state index in [2.05, 4.69) is 9.71 Å². The number of aromatic nitrogens is 1. The molecule has 1 aromatic heterocycles. The topological polar surface area (TPSA) is 79.3 Å². The lowest BCUT2D eigenvalue weighted by molar-refractivity contribution is 0.475. The molecule has 0 spiro atoms. The van der Waals surface area contributed by atoms with Crippen molar-refractivity contribution < 1.29 is 13.5 Å². The lowest BCUT2D eigenvalue weighted by Crippen LogP contribution is -2.12. The fourth-order valence-corrected chi connectivity index (χ4v) is 2.31. The molecule has 0 radical (unpaired) electrons. The van der Waals surface area contributed by atoms with Crippen LogP contribution in [0.5, 0.6) is 5.75 Å². The van der Waals surface area contributed by atoms with E-state index < -0.39 is 10.0 Å². The molecule has 5 nitrogen and oxygen atoms in total. The standard InChI is InChI=1S/C11H10N2O3S/c14-10-3-5-11(6-4-10)17(15,16)13-9-2-1-7-12-8-9/h1-8,13-14H. The maximum atomic E-state index is 11.9. The van der Waals surface area contributed by atoms with Crippen LogP contribution in [0.4, 0.5) is 5.69 Å². The number of rotatable bonds is 3. The summed E-state index contributed by atoms with van der Waals surface area (Å²) in [5, 5.41) is 9.09. The second-order valence-electron chi connectivity index (χ2n) is 3.34. The van der Waals surface area contributed by atoms with Crippen LogP contribution in [0, 0.1) is 0 Å². The Labute approximate surface area is 98.8 Å². The highest BCUT2D eigenvalue weighted by atomic mass is 32.2. The van der Waals surface area contributed by atoms with Gasteiger partial charge in [-0.1, -0.05) is 0 Å². The number of sulfonamides is 1. The van der Waals surface area contributed by atoms with Crippen molar-refractivity contribution in [2.45, 2.75) is 4.90 Å². The Bertz CT molecular complexity index is 594. The van der Waals surface area contributed by atoms with Crippen molar-refractivity contribution in [2.24, 2.45) is 0 Å². The van der Waals surface area contributed by atoms with E-state index in [0.717, 1.165) is 0 Å². The zero-order valence-corrected chi connectivity index (χ0v) is 9.55. The maximum absolute atomic E-state index is 11.9. The Morgan fingerprint density at radius 1 is 1.12 bits per heavy atom. The van der Waals surface area contributed by atoms with Crippen molar-refractivity contribution in [3.63, 3.8) is 0 Å². The van der Waals surface area contributed by atoms with Crippen LogP contribution < -0.4 is 4.72 Å². The summed E-state index contributed by atoms with van der Waals surface area (Å²) in [5.41, 5.74) is 0.389. The molecule has 0 amide bonds. The third-order valence-electron chi connectivity index (χ3n) is 2.06. The van der Waals surface area contributed by atoms with E-state index in [-0.39, 0.29) is 10.6 Å². The number of phenolic OH excluding ortho intramolecular Hbond substituents is 1. The molecule has 0 bridgehead atoms. The first-order valence-electron chi connectivity index (χ1n) is 4.80. The zero-order valence-electron chi connectivity index (χ0n) is 8.74. The Morgan fingerprint density at radius 3 is 2.41 bits per heavy atom. The first-order chi connectivity index (χ1) is 8.08. The van der Waals surface area contributed by atoms with Crippen LogP contribution in [0.1, 0.15) is 0 Å². The summed E-state index contributed by atoms with van der Waals surface area (Å²) in [5.74, 6) is 0.0188. The summed E-state index contributed by atoms with van der Waals surface area (Å²) in [6.45, 7) is 0. The molecule has 0 fully saturated rings. The molecule has 2 rings (SSSR count). The first kappa shape index (κ1) is 11.4. The van der Waals surface area contributed by atoms with Crippen LogP contribution in [-0.4, -0.2) is 18.5 Å². The maximum Gasteiger partial charge on any atom is 0.261 e. The van der Waals surface area contributed by atoms with E-state index in [1.807, 2.05) is 0 Å². The molecule has 0 aliphatic rings. The quantitative estimate of drug-likeness (QED) is 0.867. The first-order valence-corrected chi connectivity index (χ1v) is 6.28. The van der Waals surface area contributed by atoms with E-state index in [4.69, 9.17) is 5.11 Å². The molecule has 2 N–H and O–H groups in total. The lowest BCUT2D eigenvalue weighted by Gasteiger charge is -2.07. The van der Waals surface area contributed by atoms with Gasteiger partial charge in [0.2, 0.25) is 0 Å². The summed E-state index contributed by atoms with van der Waals surface area (Å²) in [6.07, 6.45) is 2.97. The van der Waals surface area contributed by atoms with Crippen LogP contribution in [0.2, 0.25) is 0 Å². The average molecular weight is 250 g/mol. The minimum Gasteiger partial charge on any atom is -0.508 e. The molecule has 1 aromatic carbocycles. The smallest absolute Gasteiger partial charge is 0.261 e. The monoisotopic (exact) mass is 250 g/mol. The van der Waals surface area contributed by atoms with Crippen LogP contribution in [0.15, 0.2) is 53.7 Å². The van der Waals surface area contributed by atoms with Gasteiger partial charge in [0.05, 0.1) is 16.8 Å². The van der Waals surface area contributed by atoms with Crippen LogP contribution in [0.3, 0.4) is 0 Å². The minimum absolute atomic E-state index is 0.0188. The highest BCUT2D eigenvalue weighted by molar-refractivity contribution is 7.92. The molecule has 0 saturated heterocycles. The van der Waals surface area contributed by atoms with Gasteiger partial charge in [0.15, 0.2) is 0 Å². The highest BCUT2D eigenvalue weighted by Crippen LogP contribution is 2.17. The number of nitrogens with zero attached hydrogens (tertiary/aromatic N) is 1. The summed E-state index contributed by atoms with van der Waals surface area (Å²) < 4.78 is 26.2. The van der Waals surface area contributed by atoms with E-state index in [0.29, 0.717) is 5.69 Å². The van der Waals surface area contributed by atoms with Crippen molar-refractivity contribution in [1.29, 1.82) is 0 Å². The van der Waals surface area contributed by atoms with Gasteiger partial charge in [-0.25, -0.2) is 8.42 Å². The number of benzene rings is 1. The third-order valence-corrected chi connectivity index (χ3v) is 3.46. The Kier molecular flexibility index (Phi) is 2.97. The van der Waals surface area contributed by atoms with Crippen molar-refractivity contribution >= 4 is 15.7 Å². The van der Waals surface area contributed by atoms with Gasteiger partial charge in [0, 0.05) is 6.20 Å². The largest absolute Gasteiger partial charge is 0.508 e. The Hall–Kier alpha value is -2.08. The number of aromatic hydroxyl groups is 1. The Morgan fingerprint density at radius 2 is 1.82 bits per heavy atom. The van der Waals surface area contributed by atoms with Gasteiger partial charge in [-0.05, 0) is 36.4 Å². The predicted molar refractivity (Wildman–Crippen MR) is 63.2 cm³/mol. The van der Waals surface area contributed by atoms with Crippen LogP contribution >= 0.6 is 0 Å². The number of pyridine rings is 1. The van der Waals surface area contributed by atoms with Gasteiger partial charge < -0.3 is 5.11 Å². The average Bonchev–Trinajstić information content (AvgIpc) is 2.30. The van der Waals surface area contributed by atoms with Crippen molar-refractivity contribution in [1.82, 2.24) is 4.98 Å². The number of nitrogens with one attached hydrogen (secondary N) is 1. The van der Waals surface area contributed by atoms with Crippen molar-refractivity contribution in [3.05, 3.63) is 48.8 Å². The number of anilines is 1. The molecule has 0 aliphatic carbocycles. The molecule has 0 saturated carbocycles. The fraction of sp³-hybridized carbons (Fsp3) is 0. The van der Waals surface area contributed by atoms with Gasteiger partial charge in [-0.3, -0.25) is 9.71 Å². The van der Waals surface area contributed by atoms with Crippen LogP contribution in [-0.2, 0) is 10.0 Å². The molecule has 2 aromatic rings. The Balaban J connectivity index is 2.29. The van der Waals surface area contributed by atoms with Gasteiger partial charge >= 0.3 is 0 Å². The number of hydrogen-bond donors (Lipinski definition) is 2. The van der Waals surface area contributed by atoms with Crippen molar-refractivity contribution in [3.8, 4) is 5.75 Å². The van der Waals surface area contributed by atoms with E-state index in [1.54, 1.807) is 18.3 Å². The predicted octanol–water partition coefficient (Wildman–Crippen LogP) is 1.59. The second kappa shape index (κ2) is 4.42. The van der Waals surface area contributed by atoms with E-state index in [9.17, 15) is 8.42 Å². The van der Waals surface area contributed by atoms with Crippen LogP contribution in [0.25, 0.3) is 0 Å². The molecular weight excluding hydrogens is 240 g/mol. The summed E-state index contributed by atoms with van der Waals surface area (Å²) in [7, 11) is -3.63. The molecule has 1 heterocycles. The molecule has 17 heavy (non-hydrogen) atoms. The number of phenols is 1. The van der Waals surface area contributed by atoms with Crippen molar-refractivity contribution in [2.75, 3.05) is 4.72 Å². The number of hydrogen-bond acceptors (Lipinski definition) is 4. The van der Waals surface area contributed by atoms with Gasteiger partial charge in [-0.15, -0.1) is 0 Å². The molecule has 88 valence electrons. The minimum atomic E-state index is -3.63. The van der Waals surface area contributed by atoms with Gasteiger partial charge in [0.1, 0.15) is 5.75 Å². The second-order valence-corrected chi connectivity index (χ2v) is 5.02. The van der Waals surface area contributed by atoms with Gasteiger partial charge in [-0.2, -0.15) is 0 Å². The zero-order chi connectivity index (χ0) is 12.3. The summed E-state index contributed by atoms with van der Waals surface area (Å²) >= 11 is 0. The third kappa shape index (κ3) is 2.73. The molecule has 0 aliphatic heterocycles. The molecular formula is C11H10N2O3S. The molecule has 0 atom stereocenters. The molecule has 0 unspecified atom stereocenters. The SMILES string of the molecule is O=S(=O)(Nc1cccnc1)c1ccc(O)cc1. The summed E-state index contributed by atoms with van der Waals surface area (Å²) in [6, 6.07) is 8.53.